The Hall–Kier alpha value is -1.54. The first-order valence-corrected chi connectivity index (χ1v) is 8.99. The summed E-state index contributed by atoms with van der Waals surface area (Å²) in [6.45, 7) is 4.15. The lowest BCUT2D eigenvalue weighted by atomic mass is 10.1. The van der Waals surface area contributed by atoms with Gasteiger partial charge in [0.15, 0.2) is 5.82 Å². The van der Waals surface area contributed by atoms with E-state index in [1.54, 1.807) is 0 Å². The van der Waals surface area contributed by atoms with Crippen LogP contribution in [-0.2, 0) is 10.0 Å². The maximum atomic E-state index is 14.4. The fourth-order valence-corrected chi connectivity index (χ4v) is 3.38. The van der Waals surface area contributed by atoms with Crippen molar-refractivity contribution in [2.45, 2.75) is 44.0 Å². The predicted octanol–water partition coefficient (Wildman–Crippen LogP) is 2.18. The molecule has 8 heteroatoms. The molecule has 1 amide bonds. The highest BCUT2D eigenvalue weighted by Gasteiger charge is 2.32. The van der Waals surface area contributed by atoms with Gasteiger partial charge in [0.1, 0.15) is 16.3 Å². The van der Waals surface area contributed by atoms with Gasteiger partial charge >= 0.3 is 0 Å². The van der Waals surface area contributed by atoms with Crippen molar-refractivity contribution in [3.05, 3.63) is 29.3 Å². The van der Waals surface area contributed by atoms with Gasteiger partial charge in [-0.15, -0.1) is 0 Å². The third-order valence-electron chi connectivity index (χ3n) is 3.48. The largest absolute Gasteiger partial charge is 0.352 e. The highest BCUT2D eigenvalue weighted by atomic mass is 32.2. The number of benzene rings is 1. The van der Waals surface area contributed by atoms with Crippen LogP contribution in [0.3, 0.4) is 0 Å². The molecule has 128 valence electrons. The van der Waals surface area contributed by atoms with Gasteiger partial charge in [-0.05, 0) is 37.3 Å². The fraction of sp³-hybridized carbons (Fsp3) is 0.533. The lowest BCUT2D eigenvalue weighted by Crippen LogP contribution is -2.30. The van der Waals surface area contributed by atoms with Crippen molar-refractivity contribution >= 4 is 15.9 Å². The lowest BCUT2D eigenvalue weighted by molar-refractivity contribution is 0.0943. The molecule has 0 radical (unpaired) electrons. The zero-order chi connectivity index (χ0) is 17.2. The molecule has 1 saturated carbocycles. The number of halogens is 2. The first kappa shape index (κ1) is 17.8. The topological polar surface area (TPSA) is 75.3 Å². The molecule has 0 spiro atoms. The van der Waals surface area contributed by atoms with Crippen LogP contribution >= 0.6 is 0 Å². The summed E-state index contributed by atoms with van der Waals surface area (Å²) >= 11 is 0. The molecule has 2 N–H and O–H groups in total. The number of hydrogen-bond acceptors (Lipinski definition) is 3. The van der Waals surface area contributed by atoms with E-state index < -0.39 is 38.0 Å². The van der Waals surface area contributed by atoms with E-state index in [9.17, 15) is 22.0 Å². The molecule has 2 rings (SSSR count). The Balaban J connectivity index is 2.25. The van der Waals surface area contributed by atoms with Gasteiger partial charge in [-0.3, -0.25) is 4.79 Å². The van der Waals surface area contributed by atoms with E-state index in [-0.39, 0.29) is 12.6 Å². The van der Waals surface area contributed by atoms with Gasteiger partial charge in [-0.1, -0.05) is 13.8 Å². The minimum absolute atomic E-state index is 0.215. The summed E-state index contributed by atoms with van der Waals surface area (Å²) in [5, 5.41) is 2.41. The number of amides is 1. The molecule has 1 aromatic rings. The molecule has 1 aromatic carbocycles. The van der Waals surface area contributed by atoms with Crippen LogP contribution in [0.5, 0.6) is 0 Å². The predicted molar refractivity (Wildman–Crippen MR) is 81.5 cm³/mol. The van der Waals surface area contributed by atoms with Gasteiger partial charge in [0, 0.05) is 12.6 Å². The number of carbonyl (C=O) groups is 1. The zero-order valence-electron chi connectivity index (χ0n) is 13.0. The lowest BCUT2D eigenvalue weighted by Gasteiger charge is -2.12. The van der Waals surface area contributed by atoms with Gasteiger partial charge < -0.3 is 5.32 Å². The molecule has 0 aliphatic heterocycles. The zero-order valence-corrected chi connectivity index (χ0v) is 13.8. The van der Waals surface area contributed by atoms with Crippen molar-refractivity contribution in [2.75, 3.05) is 6.54 Å². The van der Waals surface area contributed by atoms with Crippen LogP contribution in [0.2, 0.25) is 0 Å². The molecule has 0 bridgehead atoms. The summed E-state index contributed by atoms with van der Waals surface area (Å²) in [6, 6.07) is 1.41. The Morgan fingerprint density at radius 3 is 2.52 bits per heavy atom. The van der Waals surface area contributed by atoms with Crippen molar-refractivity contribution < 1.29 is 22.0 Å². The summed E-state index contributed by atoms with van der Waals surface area (Å²) in [5.74, 6) is -3.08. The average Bonchev–Trinajstić information content (AvgIpc) is 3.21. The maximum absolute atomic E-state index is 14.4. The molecule has 0 saturated heterocycles. The monoisotopic (exact) mass is 346 g/mol. The Kier molecular flexibility index (Phi) is 5.36. The van der Waals surface area contributed by atoms with Crippen molar-refractivity contribution in [1.29, 1.82) is 0 Å². The number of hydrogen-bond donors (Lipinski definition) is 2. The summed E-state index contributed by atoms with van der Waals surface area (Å²) in [5.41, 5.74) is -0.868. The fourth-order valence-electron chi connectivity index (χ4n) is 2.00. The molecule has 0 atom stereocenters. The summed E-state index contributed by atoms with van der Waals surface area (Å²) in [6.07, 6.45) is 2.02. The molecule has 0 unspecified atom stereocenters. The maximum Gasteiger partial charge on any atom is 0.257 e. The van der Waals surface area contributed by atoms with Crippen LogP contribution in [0, 0.1) is 17.6 Å². The Bertz CT molecular complexity index is 701. The third-order valence-corrected chi connectivity index (χ3v) is 5.02. The second kappa shape index (κ2) is 6.92. The quantitative estimate of drug-likeness (QED) is 0.795. The molecule has 23 heavy (non-hydrogen) atoms. The number of rotatable bonds is 7. The van der Waals surface area contributed by atoms with E-state index in [4.69, 9.17) is 0 Å². The molecular weight excluding hydrogens is 326 g/mol. The summed E-state index contributed by atoms with van der Waals surface area (Å²) in [4.78, 5) is 11.3. The average molecular weight is 346 g/mol. The van der Waals surface area contributed by atoms with E-state index in [1.807, 2.05) is 13.8 Å². The van der Waals surface area contributed by atoms with Crippen molar-refractivity contribution in [3.8, 4) is 0 Å². The van der Waals surface area contributed by atoms with Crippen LogP contribution in [0.25, 0.3) is 0 Å². The molecule has 5 nitrogen and oxygen atoms in total. The second-order valence-electron chi connectivity index (χ2n) is 6.07. The van der Waals surface area contributed by atoms with Crippen LogP contribution in [0.1, 0.15) is 43.5 Å². The van der Waals surface area contributed by atoms with E-state index in [2.05, 4.69) is 10.0 Å². The van der Waals surface area contributed by atoms with E-state index in [0.717, 1.165) is 12.1 Å². The Morgan fingerprint density at radius 2 is 1.96 bits per heavy atom. The van der Waals surface area contributed by atoms with E-state index in [1.165, 1.54) is 0 Å². The number of sulfonamides is 1. The van der Waals surface area contributed by atoms with Gasteiger partial charge in [0.2, 0.25) is 10.0 Å². The SMILES string of the molecule is CC(C)CCNC(=O)c1c(F)ccc(S(=O)(=O)NC2CC2)c1F. The van der Waals surface area contributed by atoms with Gasteiger partial charge in [0.25, 0.3) is 5.91 Å². The molecule has 1 aliphatic rings. The Labute approximate surface area is 134 Å². The molecular formula is C15H20F2N2O3S. The Morgan fingerprint density at radius 1 is 1.30 bits per heavy atom. The normalized spacial score (nSPS) is 15.0. The third kappa shape index (κ3) is 4.48. The highest BCUT2D eigenvalue weighted by Crippen LogP contribution is 2.25. The van der Waals surface area contributed by atoms with Crippen molar-refractivity contribution in [2.24, 2.45) is 5.92 Å². The molecule has 0 aromatic heterocycles. The first-order valence-electron chi connectivity index (χ1n) is 7.51. The smallest absolute Gasteiger partial charge is 0.257 e. The van der Waals surface area contributed by atoms with Crippen LogP contribution < -0.4 is 10.0 Å². The highest BCUT2D eigenvalue weighted by molar-refractivity contribution is 7.89. The first-order chi connectivity index (χ1) is 10.7. The van der Waals surface area contributed by atoms with Crippen molar-refractivity contribution in [3.63, 3.8) is 0 Å². The molecule has 0 heterocycles. The minimum atomic E-state index is -4.11. The molecule has 1 fully saturated rings. The summed E-state index contributed by atoms with van der Waals surface area (Å²) < 4.78 is 54.7. The van der Waals surface area contributed by atoms with E-state index >= 15 is 0 Å². The van der Waals surface area contributed by atoms with Gasteiger partial charge in [-0.2, -0.15) is 0 Å². The van der Waals surface area contributed by atoms with E-state index in [0.29, 0.717) is 25.2 Å². The summed E-state index contributed by atoms with van der Waals surface area (Å²) in [7, 11) is -4.11. The minimum Gasteiger partial charge on any atom is -0.352 e. The van der Waals surface area contributed by atoms with Gasteiger partial charge in [-0.25, -0.2) is 21.9 Å². The number of nitrogens with one attached hydrogen (secondary N) is 2. The standard InChI is InChI=1S/C15H20F2N2O3S/c1-9(2)7-8-18-15(20)13-11(16)5-6-12(14(13)17)23(21,22)19-10-3-4-10/h5-6,9-10,19H,3-4,7-8H2,1-2H3,(H,18,20). The van der Waals surface area contributed by atoms with Crippen LogP contribution in [0.15, 0.2) is 17.0 Å². The van der Waals surface area contributed by atoms with Gasteiger partial charge in [0.05, 0.1) is 0 Å². The van der Waals surface area contributed by atoms with Crippen LogP contribution in [-0.4, -0.2) is 26.9 Å². The molecule has 1 aliphatic carbocycles. The van der Waals surface area contributed by atoms with Crippen molar-refractivity contribution in [1.82, 2.24) is 10.0 Å². The number of carbonyl (C=O) groups excluding carboxylic acids is 1. The second-order valence-corrected chi connectivity index (χ2v) is 7.75. The van der Waals surface area contributed by atoms with Crippen LogP contribution in [0.4, 0.5) is 8.78 Å².